The molecule has 6 nitrogen and oxygen atoms in total. The topological polar surface area (TPSA) is 73.5 Å². The van der Waals surface area contributed by atoms with Gasteiger partial charge >= 0.3 is 0 Å². The molecule has 0 spiro atoms. The van der Waals surface area contributed by atoms with Gasteiger partial charge in [-0.15, -0.1) is 24.8 Å². The Balaban J connectivity index is 0.00000182. The standard InChI is InChI=1S/C19H28N4O2.2ClH/c1-14(21-18(24)13-15-7-5-9-20-15)19(25)22-16-6-4-8-17(12-16)23-10-2-3-11-23;;/h4,6,8,12,14-15,20H,2-3,5,7,9-11,13H2,1H3,(H,21,24)(H,22,25);2*1H. The van der Waals surface area contributed by atoms with E-state index in [4.69, 9.17) is 0 Å². The predicted octanol–water partition coefficient (Wildman–Crippen LogP) is 2.72. The number of anilines is 2. The number of rotatable bonds is 6. The molecule has 2 fully saturated rings. The molecule has 0 saturated carbocycles. The van der Waals surface area contributed by atoms with Gasteiger partial charge in [-0.3, -0.25) is 9.59 Å². The fourth-order valence-corrected chi connectivity index (χ4v) is 3.53. The molecule has 2 saturated heterocycles. The Morgan fingerprint density at radius 2 is 1.96 bits per heavy atom. The molecule has 0 radical (unpaired) electrons. The molecule has 27 heavy (non-hydrogen) atoms. The SMILES string of the molecule is CC(NC(=O)CC1CCCN1)C(=O)Nc1cccc(N2CCCC2)c1.Cl.Cl. The van der Waals surface area contributed by atoms with Gasteiger partial charge in [0, 0.05) is 36.9 Å². The number of amides is 2. The Labute approximate surface area is 173 Å². The van der Waals surface area contributed by atoms with Crippen LogP contribution in [0, 0.1) is 0 Å². The molecule has 2 aliphatic heterocycles. The first-order valence-corrected chi connectivity index (χ1v) is 9.30. The molecule has 152 valence electrons. The van der Waals surface area contributed by atoms with Crippen molar-refractivity contribution in [2.75, 3.05) is 29.9 Å². The Bertz CT molecular complexity index is 617. The highest BCUT2D eigenvalue weighted by atomic mass is 35.5. The van der Waals surface area contributed by atoms with Crippen LogP contribution < -0.4 is 20.9 Å². The van der Waals surface area contributed by atoms with Crippen molar-refractivity contribution in [3.8, 4) is 0 Å². The number of benzene rings is 1. The summed E-state index contributed by atoms with van der Waals surface area (Å²) < 4.78 is 0. The van der Waals surface area contributed by atoms with E-state index in [0.717, 1.165) is 43.9 Å². The number of nitrogens with zero attached hydrogens (tertiary/aromatic N) is 1. The molecule has 2 heterocycles. The second kappa shape index (κ2) is 11.4. The molecule has 0 aliphatic carbocycles. The third-order valence-electron chi connectivity index (χ3n) is 4.95. The summed E-state index contributed by atoms with van der Waals surface area (Å²) >= 11 is 0. The number of carbonyl (C=O) groups excluding carboxylic acids is 2. The van der Waals surface area contributed by atoms with E-state index in [0.29, 0.717) is 6.42 Å². The monoisotopic (exact) mass is 416 g/mol. The van der Waals surface area contributed by atoms with Crippen molar-refractivity contribution in [2.24, 2.45) is 0 Å². The molecule has 3 N–H and O–H groups in total. The zero-order chi connectivity index (χ0) is 17.6. The number of halogens is 2. The van der Waals surface area contributed by atoms with Crippen LogP contribution in [0.1, 0.15) is 39.0 Å². The normalized spacial score (nSPS) is 19.6. The summed E-state index contributed by atoms with van der Waals surface area (Å²) in [4.78, 5) is 26.7. The minimum atomic E-state index is -0.552. The van der Waals surface area contributed by atoms with Gasteiger partial charge in [-0.25, -0.2) is 0 Å². The van der Waals surface area contributed by atoms with Gasteiger partial charge in [0.05, 0.1) is 0 Å². The van der Waals surface area contributed by atoms with Gasteiger partial charge in [-0.1, -0.05) is 6.07 Å². The largest absolute Gasteiger partial charge is 0.371 e. The van der Waals surface area contributed by atoms with Gasteiger partial charge in [0.15, 0.2) is 0 Å². The van der Waals surface area contributed by atoms with Crippen molar-refractivity contribution in [1.29, 1.82) is 0 Å². The van der Waals surface area contributed by atoms with Crippen LogP contribution in [0.5, 0.6) is 0 Å². The molecular formula is C19H30Cl2N4O2. The summed E-state index contributed by atoms with van der Waals surface area (Å²) in [7, 11) is 0. The molecule has 1 aromatic rings. The Morgan fingerprint density at radius 1 is 1.22 bits per heavy atom. The molecule has 0 bridgehead atoms. The highest BCUT2D eigenvalue weighted by Crippen LogP contribution is 2.23. The van der Waals surface area contributed by atoms with E-state index >= 15 is 0 Å². The Morgan fingerprint density at radius 3 is 2.63 bits per heavy atom. The maximum atomic E-state index is 12.4. The van der Waals surface area contributed by atoms with Crippen LogP contribution in [0.2, 0.25) is 0 Å². The minimum Gasteiger partial charge on any atom is -0.371 e. The fraction of sp³-hybridized carbons (Fsp3) is 0.579. The smallest absolute Gasteiger partial charge is 0.246 e. The molecule has 0 aromatic heterocycles. The van der Waals surface area contributed by atoms with E-state index in [-0.39, 0.29) is 42.7 Å². The van der Waals surface area contributed by atoms with Crippen molar-refractivity contribution in [2.45, 2.75) is 51.1 Å². The van der Waals surface area contributed by atoms with Crippen LogP contribution in [-0.2, 0) is 9.59 Å². The average Bonchev–Trinajstić information content (AvgIpc) is 3.28. The minimum absolute atomic E-state index is 0. The van der Waals surface area contributed by atoms with Gasteiger partial charge in [0.2, 0.25) is 11.8 Å². The molecule has 1 aromatic carbocycles. The van der Waals surface area contributed by atoms with Crippen molar-refractivity contribution in [3.63, 3.8) is 0 Å². The zero-order valence-corrected chi connectivity index (χ0v) is 17.3. The molecule has 2 aliphatic rings. The summed E-state index contributed by atoms with van der Waals surface area (Å²) in [6, 6.07) is 7.60. The third kappa shape index (κ3) is 6.87. The lowest BCUT2D eigenvalue weighted by molar-refractivity contribution is -0.126. The van der Waals surface area contributed by atoms with E-state index < -0.39 is 6.04 Å². The van der Waals surface area contributed by atoms with E-state index in [1.54, 1.807) is 6.92 Å². The van der Waals surface area contributed by atoms with Gasteiger partial charge in [0.25, 0.3) is 0 Å². The van der Waals surface area contributed by atoms with Gasteiger partial charge < -0.3 is 20.9 Å². The van der Waals surface area contributed by atoms with Crippen LogP contribution in [0.15, 0.2) is 24.3 Å². The van der Waals surface area contributed by atoms with E-state index in [1.807, 2.05) is 18.2 Å². The summed E-state index contributed by atoms with van der Waals surface area (Å²) in [5.41, 5.74) is 1.91. The van der Waals surface area contributed by atoms with Crippen LogP contribution in [0.3, 0.4) is 0 Å². The van der Waals surface area contributed by atoms with E-state index in [9.17, 15) is 9.59 Å². The van der Waals surface area contributed by atoms with Gasteiger partial charge in [-0.05, 0) is 57.4 Å². The number of hydrogen-bond donors (Lipinski definition) is 3. The molecular weight excluding hydrogens is 387 g/mol. The average molecular weight is 417 g/mol. The number of carbonyl (C=O) groups is 2. The summed E-state index contributed by atoms with van der Waals surface area (Å²) in [6.45, 7) is 4.83. The zero-order valence-electron chi connectivity index (χ0n) is 15.7. The van der Waals surface area contributed by atoms with Gasteiger partial charge in [-0.2, -0.15) is 0 Å². The molecule has 3 rings (SSSR count). The second-order valence-corrected chi connectivity index (χ2v) is 7.02. The molecule has 2 amide bonds. The predicted molar refractivity (Wildman–Crippen MR) is 114 cm³/mol. The van der Waals surface area contributed by atoms with Crippen molar-refractivity contribution >= 4 is 48.0 Å². The lowest BCUT2D eigenvalue weighted by atomic mass is 10.1. The lowest BCUT2D eigenvalue weighted by Gasteiger charge is -2.19. The van der Waals surface area contributed by atoms with Crippen LogP contribution in [-0.4, -0.2) is 43.5 Å². The Hall–Kier alpha value is -1.50. The lowest BCUT2D eigenvalue weighted by Crippen LogP contribution is -2.43. The molecule has 2 unspecified atom stereocenters. The van der Waals surface area contributed by atoms with Crippen molar-refractivity contribution < 1.29 is 9.59 Å². The van der Waals surface area contributed by atoms with Crippen LogP contribution in [0.25, 0.3) is 0 Å². The van der Waals surface area contributed by atoms with Crippen LogP contribution in [0.4, 0.5) is 11.4 Å². The summed E-state index contributed by atoms with van der Waals surface area (Å²) in [5.74, 6) is -0.265. The maximum Gasteiger partial charge on any atom is 0.246 e. The van der Waals surface area contributed by atoms with Gasteiger partial charge in [0.1, 0.15) is 6.04 Å². The Kier molecular flexibility index (Phi) is 9.91. The maximum absolute atomic E-state index is 12.4. The van der Waals surface area contributed by atoms with Crippen molar-refractivity contribution in [1.82, 2.24) is 10.6 Å². The highest BCUT2D eigenvalue weighted by molar-refractivity contribution is 5.97. The fourth-order valence-electron chi connectivity index (χ4n) is 3.53. The number of nitrogens with one attached hydrogen (secondary N) is 3. The van der Waals surface area contributed by atoms with E-state index in [2.05, 4.69) is 26.9 Å². The molecule has 2 atom stereocenters. The highest BCUT2D eigenvalue weighted by Gasteiger charge is 2.21. The number of hydrogen-bond acceptors (Lipinski definition) is 4. The third-order valence-corrected chi connectivity index (χ3v) is 4.95. The van der Waals surface area contributed by atoms with Crippen LogP contribution >= 0.6 is 24.8 Å². The van der Waals surface area contributed by atoms with Crippen molar-refractivity contribution in [3.05, 3.63) is 24.3 Å². The first-order chi connectivity index (χ1) is 12.1. The van der Waals surface area contributed by atoms with E-state index in [1.165, 1.54) is 12.8 Å². The second-order valence-electron chi connectivity index (χ2n) is 7.02. The first-order valence-electron chi connectivity index (χ1n) is 9.30. The molecule has 8 heteroatoms. The summed E-state index contributed by atoms with van der Waals surface area (Å²) in [6.07, 6.45) is 5.01. The summed E-state index contributed by atoms with van der Waals surface area (Å²) in [5, 5.41) is 9.00. The first kappa shape index (κ1) is 23.5. The quantitative estimate of drug-likeness (QED) is 0.666.